The first kappa shape index (κ1) is 24.8. The van der Waals surface area contributed by atoms with E-state index in [2.05, 4.69) is 48.3 Å². The molecule has 4 aliphatic carbocycles. The molecule has 37 heavy (non-hydrogen) atoms. The lowest BCUT2D eigenvalue weighted by molar-refractivity contribution is -0.119. The Balaban J connectivity index is 1.39. The van der Waals surface area contributed by atoms with Gasteiger partial charge in [-0.3, -0.25) is 9.78 Å². The van der Waals surface area contributed by atoms with Crippen molar-refractivity contribution in [3.05, 3.63) is 78.2 Å². The van der Waals surface area contributed by atoms with Crippen molar-refractivity contribution in [1.82, 2.24) is 4.98 Å². The number of hydrogen-bond donors (Lipinski definition) is 2. The third-order valence-corrected chi connectivity index (χ3v) is 10.7. The average Bonchev–Trinajstić information content (AvgIpc) is 3.23. The van der Waals surface area contributed by atoms with Crippen LogP contribution >= 0.6 is 0 Å². The fourth-order valence-corrected chi connectivity index (χ4v) is 8.88. The van der Waals surface area contributed by atoms with Crippen LogP contribution in [0.15, 0.2) is 72.6 Å². The first-order valence-corrected chi connectivity index (χ1v) is 14.1. The highest BCUT2D eigenvalue weighted by Gasteiger charge is 2.61. The molecule has 194 valence electrons. The van der Waals surface area contributed by atoms with Gasteiger partial charge in [0.15, 0.2) is 5.78 Å². The minimum Gasteiger partial charge on any atom is -0.393 e. The van der Waals surface area contributed by atoms with E-state index in [1.54, 1.807) is 6.20 Å². The van der Waals surface area contributed by atoms with Crippen molar-refractivity contribution in [3.63, 3.8) is 0 Å². The molecule has 0 radical (unpaired) electrons. The van der Waals surface area contributed by atoms with E-state index in [1.807, 2.05) is 24.4 Å². The zero-order chi connectivity index (χ0) is 25.6. The second-order valence-corrected chi connectivity index (χ2v) is 12.3. The quantitative estimate of drug-likeness (QED) is 0.502. The number of hydrogen-bond acceptors (Lipinski definition) is 4. The lowest BCUT2D eigenvalue weighted by atomic mass is 9.43. The summed E-state index contributed by atoms with van der Waals surface area (Å²) in [5.41, 5.74) is 4.93. The van der Waals surface area contributed by atoms with Gasteiger partial charge in [-0.15, -0.1) is 0 Å². The van der Waals surface area contributed by atoms with Crippen molar-refractivity contribution in [2.45, 2.75) is 64.4 Å². The van der Waals surface area contributed by atoms with Crippen molar-refractivity contribution >= 4 is 5.78 Å². The summed E-state index contributed by atoms with van der Waals surface area (Å²) in [4.78, 5) is 17.0. The maximum atomic E-state index is 12.7. The lowest BCUT2D eigenvalue weighted by Gasteiger charge is -2.61. The summed E-state index contributed by atoms with van der Waals surface area (Å²) in [5, 5.41) is 20.6. The first-order chi connectivity index (χ1) is 17.9. The Morgan fingerprint density at radius 1 is 1.05 bits per heavy atom. The molecule has 0 aliphatic heterocycles. The summed E-state index contributed by atoms with van der Waals surface area (Å²) < 4.78 is 0. The number of rotatable bonds is 5. The minimum absolute atomic E-state index is 0.00712. The molecule has 2 aromatic rings. The van der Waals surface area contributed by atoms with Crippen LogP contribution in [0.3, 0.4) is 0 Å². The number of aliphatic hydroxyl groups is 2. The largest absolute Gasteiger partial charge is 0.393 e. The third-order valence-electron chi connectivity index (χ3n) is 10.7. The van der Waals surface area contributed by atoms with Gasteiger partial charge in [0, 0.05) is 18.8 Å². The van der Waals surface area contributed by atoms with Crippen LogP contribution in [0.1, 0.15) is 57.4 Å². The Hall–Kier alpha value is -2.56. The van der Waals surface area contributed by atoms with Gasteiger partial charge in [0.05, 0.1) is 12.7 Å². The third kappa shape index (κ3) is 4.13. The summed E-state index contributed by atoms with van der Waals surface area (Å²) in [5.74, 6) is 2.01. The number of pyridine rings is 1. The van der Waals surface area contributed by atoms with E-state index in [9.17, 15) is 15.0 Å². The number of nitrogens with zero attached hydrogens (tertiary/aromatic N) is 1. The minimum atomic E-state index is -0.221. The molecule has 2 unspecified atom stereocenters. The van der Waals surface area contributed by atoms with Gasteiger partial charge >= 0.3 is 0 Å². The Morgan fingerprint density at radius 3 is 2.65 bits per heavy atom. The standard InChI is InChI=1S/C33H39NO3/c1-32-14-13-29-31(28(32)10-11-30(32)37)24(5-3-17-35)18-26-19-27(36)12-15-33(26,29)20-22-6-8-23(9-7-22)25-4-2-16-34-21-25/h2-9,16,19,21,24,28-31,35,37H,10-15,17-18,20H2,1H3/t24?,28-,29+,30?,31-,32-,33+/m0/s1. The van der Waals surface area contributed by atoms with Crippen LogP contribution in [0.2, 0.25) is 0 Å². The van der Waals surface area contributed by atoms with Gasteiger partial charge in [-0.05, 0) is 108 Å². The summed E-state index contributed by atoms with van der Waals surface area (Å²) >= 11 is 0. The van der Waals surface area contributed by atoms with Crippen LogP contribution in [0.4, 0.5) is 0 Å². The second kappa shape index (κ2) is 9.63. The van der Waals surface area contributed by atoms with Crippen molar-refractivity contribution in [2.24, 2.45) is 34.5 Å². The highest BCUT2D eigenvalue weighted by molar-refractivity contribution is 5.91. The van der Waals surface area contributed by atoms with E-state index in [-0.39, 0.29) is 29.3 Å². The molecule has 0 bridgehead atoms. The molecule has 0 saturated heterocycles. The Bertz CT molecular complexity index is 1200. The fraction of sp³-hybridized carbons (Fsp3) is 0.515. The fourth-order valence-electron chi connectivity index (χ4n) is 8.88. The van der Waals surface area contributed by atoms with E-state index in [0.29, 0.717) is 30.1 Å². The van der Waals surface area contributed by atoms with Crippen LogP contribution in [0.5, 0.6) is 0 Å². The molecule has 7 atom stereocenters. The summed E-state index contributed by atoms with van der Waals surface area (Å²) in [6.07, 6.45) is 17.1. The van der Waals surface area contributed by atoms with E-state index < -0.39 is 0 Å². The normalized spacial score (nSPS) is 37.1. The SMILES string of the molecule is C[C@]12CC[C@@H]3[C@@H](C(C=CCO)CC4=CC(=O)CC[C@@]43Cc3ccc(-c4cccnc4)cc3)[C@@H]1CCC2O. The maximum Gasteiger partial charge on any atom is 0.155 e. The predicted molar refractivity (Wildman–Crippen MR) is 146 cm³/mol. The molecule has 4 nitrogen and oxygen atoms in total. The van der Waals surface area contributed by atoms with Crippen molar-refractivity contribution in [3.8, 4) is 11.1 Å². The number of allylic oxidation sites excluding steroid dienone is 2. The highest BCUT2D eigenvalue weighted by atomic mass is 16.3. The van der Waals surface area contributed by atoms with Crippen molar-refractivity contribution in [1.29, 1.82) is 0 Å². The van der Waals surface area contributed by atoms with Crippen LogP contribution in [0, 0.1) is 34.5 Å². The summed E-state index contributed by atoms with van der Waals surface area (Å²) in [6.45, 7) is 2.36. The zero-order valence-corrected chi connectivity index (χ0v) is 21.9. The molecule has 4 aliphatic rings. The number of carbonyl (C=O) groups excluding carboxylic acids is 1. The second-order valence-electron chi connectivity index (χ2n) is 12.3. The van der Waals surface area contributed by atoms with Crippen LogP contribution in [-0.2, 0) is 11.2 Å². The highest BCUT2D eigenvalue weighted by Crippen LogP contribution is 2.67. The molecule has 2 N–H and O–H groups in total. The van der Waals surface area contributed by atoms with Gasteiger partial charge in [-0.1, -0.05) is 55.0 Å². The molecule has 4 heteroatoms. The number of benzene rings is 1. The van der Waals surface area contributed by atoms with Crippen molar-refractivity contribution in [2.75, 3.05) is 6.61 Å². The molecular weight excluding hydrogens is 458 g/mol. The van der Waals surface area contributed by atoms with Gasteiger partial charge in [-0.25, -0.2) is 0 Å². The number of aromatic nitrogens is 1. The van der Waals surface area contributed by atoms with Gasteiger partial charge < -0.3 is 10.2 Å². The Morgan fingerprint density at radius 2 is 1.89 bits per heavy atom. The molecule has 3 fully saturated rings. The molecule has 0 spiro atoms. The van der Waals surface area contributed by atoms with E-state index in [4.69, 9.17) is 0 Å². The molecule has 1 heterocycles. The van der Waals surface area contributed by atoms with Gasteiger partial charge in [0.2, 0.25) is 0 Å². The smallest absolute Gasteiger partial charge is 0.155 e. The molecule has 6 rings (SSSR count). The summed E-state index contributed by atoms with van der Waals surface area (Å²) in [6, 6.07) is 13.0. The monoisotopic (exact) mass is 497 g/mol. The first-order valence-electron chi connectivity index (χ1n) is 14.1. The van der Waals surface area contributed by atoms with E-state index in [0.717, 1.165) is 50.5 Å². The van der Waals surface area contributed by atoms with Crippen LogP contribution < -0.4 is 0 Å². The van der Waals surface area contributed by atoms with E-state index in [1.165, 1.54) is 16.7 Å². The van der Waals surface area contributed by atoms with Gasteiger partial charge in [0.25, 0.3) is 0 Å². The Kier molecular flexibility index (Phi) is 6.45. The Labute approximate surface area is 220 Å². The number of carbonyl (C=O) groups is 1. The van der Waals surface area contributed by atoms with Gasteiger partial charge in [-0.2, -0.15) is 0 Å². The molecule has 1 aromatic carbocycles. The average molecular weight is 498 g/mol. The topological polar surface area (TPSA) is 70.4 Å². The molecule has 0 amide bonds. The lowest BCUT2D eigenvalue weighted by Crippen LogP contribution is -2.55. The van der Waals surface area contributed by atoms with Crippen LogP contribution in [-0.4, -0.2) is 33.7 Å². The van der Waals surface area contributed by atoms with Crippen molar-refractivity contribution < 1.29 is 15.0 Å². The molecule has 1 aromatic heterocycles. The number of aliphatic hydroxyl groups excluding tert-OH is 2. The van der Waals surface area contributed by atoms with E-state index >= 15 is 0 Å². The van der Waals surface area contributed by atoms with Crippen LogP contribution in [0.25, 0.3) is 11.1 Å². The molecule has 3 saturated carbocycles. The zero-order valence-electron chi connectivity index (χ0n) is 21.9. The maximum absolute atomic E-state index is 12.7. The predicted octanol–water partition coefficient (Wildman–Crippen LogP) is 5.94. The van der Waals surface area contributed by atoms with Gasteiger partial charge in [0.1, 0.15) is 0 Å². The number of fused-ring (bicyclic) bond motifs is 5. The summed E-state index contributed by atoms with van der Waals surface area (Å²) in [7, 11) is 0. The molecular formula is C33H39NO3. The number of ketones is 1.